The summed E-state index contributed by atoms with van der Waals surface area (Å²) >= 11 is 12.1. The maximum Gasteiger partial charge on any atom is 0.340 e. The fourth-order valence-corrected chi connectivity index (χ4v) is 3.43. The minimum Gasteiger partial charge on any atom is -0.441 e. The van der Waals surface area contributed by atoms with E-state index in [0.29, 0.717) is 15.6 Å². The van der Waals surface area contributed by atoms with E-state index in [2.05, 4.69) is 0 Å². The molecule has 0 atom stereocenters. The fraction of sp³-hybridized carbons (Fsp3) is 0.0500. The van der Waals surface area contributed by atoms with Gasteiger partial charge in [0, 0.05) is 26.7 Å². The lowest BCUT2D eigenvalue weighted by Crippen LogP contribution is -2.29. The lowest BCUT2D eigenvalue weighted by Gasteiger charge is -2.30. The summed E-state index contributed by atoms with van der Waals surface area (Å²) < 4.78 is 5.95. The number of halogens is 2. The quantitative estimate of drug-likeness (QED) is 0.571. The molecule has 4 rings (SSSR count). The normalized spacial score (nSPS) is 15.0. The van der Waals surface area contributed by atoms with Crippen molar-refractivity contribution in [2.75, 3.05) is 0 Å². The van der Waals surface area contributed by atoms with Gasteiger partial charge in [0.25, 0.3) is 0 Å². The first kappa shape index (κ1) is 15.3. The van der Waals surface area contributed by atoms with Crippen molar-refractivity contribution in [3.05, 3.63) is 105 Å². The lowest BCUT2D eigenvalue weighted by molar-refractivity contribution is 0.0251. The molecule has 0 N–H and O–H groups in total. The lowest BCUT2D eigenvalue weighted by atomic mass is 9.80. The molecule has 24 heavy (non-hydrogen) atoms. The number of ether oxygens (including phenoxy) is 1. The number of esters is 1. The largest absolute Gasteiger partial charge is 0.441 e. The molecule has 0 amide bonds. The third-order valence-electron chi connectivity index (χ3n) is 4.27. The van der Waals surface area contributed by atoms with Crippen molar-refractivity contribution in [1.29, 1.82) is 0 Å². The summed E-state index contributed by atoms with van der Waals surface area (Å²) in [7, 11) is 0. The highest BCUT2D eigenvalue weighted by Gasteiger charge is 2.48. The number of hydrogen-bond donors (Lipinski definition) is 0. The maximum atomic E-state index is 12.5. The Morgan fingerprint density at radius 3 is 1.75 bits per heavy atom. The Bertz CT molecular complexity index is 870. The van der Waals surface area contributed by atoms with Crippen LogP contribution in [0.2, 0.25) is 10.0 Å². The van der Waals surface area contributed by atoms with E-state index in [0.717, 1.165) is 16.7 Å². The van der Waals surface area contributed by atoms with Crippen molar-refractivity contribution in [2.45, 2.75) is 5.60 Å². The molecule has 118 valence electrons. The van der Waals surface area contributed by atoms with Crippen LogP contribution in [0.25, 0.3) is 0 Å². The Morgan fingerprint density at radius 2 is 1.21 bits per heavy atom. The highest BCUT2D eigenvalue weighted by Crippen LogP contribution is 2.47. The summed E-state index contributed by atoms with van der Waals surface area (Å²) in [6.45, 7) is 0. The van der Waals surface area contributed by atoms with Crippen LogP contribution in [0.15, 0.2) is 72.8 Å². The van der Waals surface area contributed by atoms with E-state index in [4.69, 9.17) is 27.9 Å². The SMILES string of the molecule is O=C1OC(c2ccc(Cl)cc2)(c2ccc(Cl)cc2)c2ccccc21. The van der Waals surface area contributed by atoms with Crippen LogP contribution in [0.4, 0.5) is 0 Å². The van der Waals surface area contributed by atoms with E-state index >= 15 is 0 Å². The molecule has 0 aliphatic carbocycles. The topological polar surface area (TPSA) is 26.3 Å². The minimum absolute atomic E-state index is 0.338. The van der Waals surface area contributed by atoms with Gasteiger partial charge in [0.1, 0.15) is 0 Å². The second kappa shape index (κ2) is 5.66. The van der Waals surface area contributed by atoms with E-state index in [1.54, 1.807) is 30.3 Å². The summed E-state index contributed by atoms with van der Waals surface area (Å²) in [6.07, 6.45) is 0. The maximum absolute atomic E-state index is 12.5. The number of benzene rings is 3. The average Bonchev–Trinajstić information content (AvgIpc) is 2.91. The molecule has 0 saturated carbocycles. The molecule has 2 nitrogen and oxygen atoms in total. The van der Waals surface area contributed by atoms with Crippen LogP contribution in [0.1, 0.15) is 27.0 Å². The first-order valence-electron chi connectivity index (χ1n) is 7.46. The molecule has 0 bridgehead atoms. The molecule has 1 aliphatic rings. The first-order valence-corrected chi connectivity index (χ1v) is 8.22. The number of hydrogen-bond acceptors (Lipinski definition) is 2. The second-order valence-corrected chi connectivity index (χ2v) is 6.50. The van der Waals surface area contributed by atoms with E-state index in [1.807, 2.05) is 42.5 Å². The summed E-state index contributed by atoms with van der Waals surface area (Å²) in [5.74, 6) is -0.338. The number of rotatable bonds is 2. The smallest absolute Gasteiger partial charge is 0.340 e. The zero-order valence-corrected chi connectivity index (χ0v) is 14.0. The Kier molecular flexibility index (Phi) is 3.60. The van der Waals surface area contributed by atoms with Crippen LogP contribution in [0.5, 0.6) is 0 Å². The van der Waals surface area contributed by atoms with E-state index in [-0.39, 0.29) is 5.97 Å². The predicted molar refractivity (Wildman–Crippen MR) is 94.6 cm³/mol. The number of cyclic esters (lactones) is 1. The summed E-state index contributed by atoms with van der Waals surface area (Å²) in [5.41, 5.74) is 2.07. The van der Waals surface area contributed by atoms with Crippen molar-refractivity contribution < 1.29 is 9.53 Å². The van der Waals surface area contributed by atoms with Crippen molar-refractivity contribution in [2.24, 2.45) is 0 Å². The molecule has 0 fully saturated rings. The van der Waals surface area contributed by atoms with Crippen LogP contribution in [0.3, 0.4) is 0 Å². The van der Waals surface area contributed by atoms with Crippen molar-refractivity contribution in [3.63, 3.8) is 0 Å². The molecule has 3 aromatic carbocycles. The van der Waals surface area contributed by atoms with Crippen LogP contribution in [-0.4, -0.2) is 5.97 Å². The molecule has 0 spiro atoms. The van der Waals surface area contributed by atoms with Gasteiger partial charge in [-0.3, -0.25) is 0 Å². The standard InChI is InChI=1S/C20H12Cl2O2/c21-15-9-5-13(6-10-15)20(14-7-11-16(22)12-8-14)18-4-2-1-3-17(18)19(23)24-20/h1-12H. The Hall–Kier alpha value is -2.29. The van der Waals surface area contributed by atoms with Crippen LogP contribution in [0, 0.1) is 0 Å². The Morgan fingerprint density at radius 1 is 0.708 bits per heavy atom. The van der Waals surface area contributed by atoms with Crippen molar-refractivity contribution in [1.82, 2.24) is 0 Å². The summed E-state index contributed by atoms with van der Waals surface area (Å²) in [5, 5.41) is 1.25. The molecule has 4 heteroatoms. The summed E-state index contributed by atoms with van der Waals surface area (Å²) in [6, 6.07) is 22.1. The molecule has 0 unspecified atom stereocenters. The van der Waals surface area contributed by atoms with Gasteiger partial charge in [-0.2, -0.15) is 0 Å². The molecule has 0 radical (unpaired) electrons. The number of carbonyl (C=O) groups is 1. The minimum atomic E-state index is -0.997. The fourth-order valence-electron chi connectivity index (χ4n) is 3.18. The number of carbonyl (C=O) groups excluding carboxylic acids is 1. The van der Waals surface area contributed by atoms with Gasteiger partial charge in [-0.15, -0.1) is 0 Å². The molecule has 0 saturated heterocycles. The molecular formula is C20H12Cl2O2. The molecule has 1 aliphatic heterocycles. The van der Waals surface area contributed by atoms with Crippen LogP contribution in [-0.2, 0) is 10.3 Å². The third-order valence-corrected chi connectivity index (χ3v) is 4.78. The highest BCUT2D eigenvalue weighted by atomic mass is 35.5. The molecule has 0 aromatic heterocycles. The summed E-state index contributed by atoms with van der Waals surface area (Å²) in [4.78, 5) is 12.5. The van der Waals surface area contributed by atoms with Gasteiger partial charge >= 0.3 is 5.97 Å². The molecule has 3 aromatic rings. The first-order chi connectivity index (χ1) is 11.6. The van der Waals surface area contributed by atoms with Crippen molar-refractivity contribution >= 4 is 29.2 Å². The second-order valence-electron chi connectivity index (χ2n) is 5.63. The van der Waals surface area contributed by atoms with Gasteiger partial charge in [-0.05, 0) is 30.3 Å². The monoisotopic (exact) mass is 354 g/mol. The van der Waals surface area contributed by atoms with E-state index < -0.39 is 5.60 Å². The molecular weight excluding hydrogens is 343 g/mol. The van der Waals surface area contributed by atoms with Crippen LogP contribution < -0.4 is 0 Å². The van der Waals surface area contributed by atoms with Gasteiger partial charge < -0.3 is 4.74 Å². The third kappa shape index (κ3) is 2.22. The average molecular weight is 355 g/mol. The Labute approximate surface area is 149 Å². The van der Waals surface area contributed by atoms with Gasteiger partial charge in [0.2, 0.25) is 0 Å². The zero-order valence-electron chi connectivity index (χ0n) is 12.5. The van der Waals surface area contributed by atoms with Gasteiger partial charge in [0.15, 0.2) is 5.60 Å². The van der Waals surface area contributed by atoms with E-state index in [1.165, 1.54) is 0 Å². The van der Waals surface area contributed by atoms with Gasteiger partial charge in [-0.25, -0.2) is 4.79 Å². The van der Waals surface area contributed by atoms with E-state index in [9.17, 15) is 4.79 Å². The Balaban J connectivity index is 2.03. The highest BCUT2D eigenvalue weighted by molar-refractivity contribution is 6.30. The van der Waals surface area contributed by atoms with Crippen LogP contribution >= 0.6 is 23.2 Å². The zero-order chi connectivity index (χ0) is 16.7. The number of fused-ring (bicyclic) bond motifs is 1. The molecule has 1 heterocycles. The predicted octanol–water partition coefficient (Wildman–Crippen LogP) is 5.46. The van der Waals surface area contributed by atoms with Gasteiger partial charge in [-0.1, -0.05) is 65.7 Å². The van der Waals surface area contributed by atoms with Crippen molar-refractivity contribution in [3.8, 4) is 0 Å². The van der Waals surface area contributed by atoms with Gasteiger partial charge in [0.05, 0.1) is 5.56 Å².